The average molecular weight is 344 g/mol. The Hall–Kier alpha value is -0.000000000000000167. The van der Waals surface area contributed by atoms with Gasteiger partial charge >= 0.3 is 0 Å². The molecule has 0 saturated heterocycles. The molecule has 0 aromatic carbocycles. The van der Waals surface area contributed by atoms with Crippen molar-refractivity contribution < 1.29 is 0 Å². The fourth-order valence-electron chi connectivity index (χ4n) is 2.44. The molecule has 0 spiro atoms. The fourth-order valence-corrected chi connectivity index (χ4v) is 6.23. The van der Waals surface area contributed by atoms with Crippen molar-refractivity contribution in [1.82, 2.24) is 5.32 Å². The minimum absolute atomic E-state index is 0.267. The van der Waals surface area contributed by atoms with Crippen LogP contribution in [-0.4, -0.2) is 12.3 Å². The van der Waals surface area contributed by atoms with Crippen LogP contribution in [0.25, 0.3) is 0 Å². The van der Waals surface area contributed by atoms with Gasteiger partial charge in [0.15, 0.2) is 0 Å². The SMILES string of the molecule is CCCNC(c1cc2c(s1)CCSC2)c1sccc1Cl. The number of nitrogens with one attached hydrogen (secondary N) is 1. The quantitative estimate of drug-likeness (QED) is 0.786. The van der Waals surface area contributed by atoms with Gasteiger partial charge in [-0.15, -0.1) is 22.7 Å². The van der Waals surface area contributed by atoms with Gasteiger partial charge in [0, 0.05) is 20.4 Å². The highest BCUT2D eigenvalue weighted by atomic mass is 35.5. The van der Waals surface area contributed by atoms with Crippen LogP contribution in [0.1, 0.15) is 39.6 Å². The van der Waals surface area contributed by atoms with Crippen LogP contribution in [0, 0.1) is 0 Å². The van der Waals surface area contributed by atoms with Crippen LogP contribution in [0.5, 0.6) is 0 Å². The number of thioether (sulfide) groups is 1. The summed E-state index contributed by atoms with van der Waals surface area (Å²) in [5.74, 6) is 2.43. The second-order valence-electron chi connectivity index (χ2n) is 4.92. The molecule has 1 atom stereocenters. The number of fused-ring (bicyclic) bond motifs is 1. The molecule has 1 unspecified atom stereocenters. The summed E-state index contributed by atoms with van der Waals surface area (Å²) < 4.78 is 0. The van der Waals surface area contributed by atoms with Gasteiger partial charge in [0.05, 0.1) is 11.1 Å². The predicted molar refractivity (Wildman–Crippen MR) is 93.7 cm³/mol. The lowest BCUT2D eigenvalue weighted by Gasteiger charge is -2.16. The molecule has 0 amide bonds. The first-order chi connectivity index (χ1) is 9.79. The molecule has 0 saturated carbocycles. The zero-order chi connectivity index (χ0) is 13.9. The third-order valence-electron chi connectivity index (χ3n) is 3.44. The Balaban J connectivity index is 1.92. The zero-order valence-corrected chi connectivity index (χ0v) is 14.7. The monoisotopic (exact) mass is 343 g/mol. The van der Waals surface area contributed by atoms with Crippen molar-refractivity contribution in [2.75, 3.05) is 12.3 Å². The molecule has 1 N–H and O–H groups in total. The summed E-state index contributed by atoms with van der Waals surface area (Å²) in [6, 6.07) is 4.67. The molecule has 5 heteroatoms. The van der Waals surface area contributed by atoms with Gasteiger partial charge in [0.2, 0.25) is 0 Å². The second kappa shape index (κ2) is 6.84. The summed E-state index contributed by atoms with van der Waals surface area (Å²) in [4.78, 5) is 4.26. The summed E-state index contributed by atoms with van der Waals surface area (Å²) in [6.45, 7) is 3.23. The Bertz CT molecular complexity index is 552. The van der Waals surface area contributed by atoms with Crippen LogP contribution < -0.4 is 5.32 Å². The summed E-state index contributed by atoms with van der Waals surface area (Å²) in [6.07, 6.45) is 2.36. The van der Waals surface area contributed by atoms with E-state index in [1.165, 1.54) is 33.2 Å². The first-order valence-corrected chi connectivity index (χ1v) is 10.2. The molecule has 1 aliphatic heterocycles. The molecular weight excluding hydrogens is 326 g/mol. The molecular formula is C15H18ClNS3. The van der Waals surface area contributed by atoms with Gasteiger partial charge in [-0.25, -0.2) is 0 Å². The number of halogens is 1. The molecule has 2 aromatic heterocycles. The topological polar surface area (TPSA) is 12.0 Å². The smallest absolute Gasteiger partial charge is 0.0780 e. The second-order valence-corrected chi connectivity index (χ2v) is 8.55. The minimum atomic E-state index is 0.267. The summed E-state index contributed by atoms with van der Waals surface area (Å²) in [5, 5.41) is 6.65. The van der Waals surface area contributed by atoms with Gasteiger partial charge < -0.3 is 5.32 Å². The van der Waals surface area contributed by atoms with E-state index >= 15 is 0 Å². The number of hydrogen-bond donors (Lipinski definition) is 1. The van der Waals surface area contributed by atoms with Crippen molar-refractivity contribution in [3.8, 4) is 0 Å². The molecule has 0 radical (unpaired) electrons. The zero-order valence-electron chi connectivity index (χ0n) is 11.4. The van der Waals surface area contributed by atoms with Crippen molar-refractivity contribution in [3.05, 3.63) is 42.7 Å². The summed E-state index contributed by atoms with van der Waals surface area (Å²) in [7, 11) is 0. The normalized spacial score (nSPS) is 16.1. The van der Waals surface area contributed by atoms with E-state index in [0.717, 1.165) is 18.0 Å². The first-order valence-electron chi connectivity index (χ1n) is 6.95. The van der Waals surface area contributed by atoms with E-state index in [1.807, 2.05) is 29.2 Å². The maximum absolute atomic E-state index is 6.36. The summed E-state index contributed by atoms with van der Waals surface area (Å²) >= 11 is 12.1. The number of hydrogen-bond acceptors (Lipinski definition) is 4. The van der Waals surface area contributed by atoms with E-state index in [0.29, 0.717) is 0 Å². The minimum Gasteiger partial charge on any atom is -0.305 e. The summed E-state index contributed by atoms with van der Waals surface area (Å²) in [5.41, 5.74) is 1.54. The van der Waals surface area contributed by atoms with Crippen molar-refractivity contribution in [1.29, 1.82) is 0 Å². The van der Waals surface area contributed by atoms with E-state index < -0.39 is 0 Å². The largest absolute Gasteiger partial charge is 0.305 e. The maximum atomic E-state index is 6.36. The Morgan fingerprint density at radius 3 is 3.05 bits per heavy atom. The molecule has 3 heterocycles. The van der Waals surface area contributed by atoms with Crippen molar-refractivity contribution in [2.24, 2.45) is 0 Å². The van der Waals surface area contributed by atoms with Crippen LogP contribution in [0.4, 0.5) is 0 Å². The highest BCUT2D eigenvalue weighted by Crippen LogP contribution is 2.39. The molecule has 0 fully saturated rings. The Kier molecular flexibility index (Phi) is 5.10. The lowest BCUT2D eigenvalue weighted by atomic mass is 10.1. The van der Waals surface area contributed by atoms with Crippen LogP contribution in [0.2, 0.25) is 5.02 Å². The van der Waals surface area contributed by atoms with Crippen molar-refractivity contribution >= 4 is 46.0 Å². The Morgan fingerprint density at radius 2 is 2.35 bits per heavy atom. The lowest BCUT2D eigenvalue weighted by molar-refractivity contribution is 0.613. The van der Waals surface area contributed by atoms with E-state index in [1.54, 1.807) is 16.2 Å². The molecule has 1 nitrogen and oxygen atoms in total. The third kappa shape index (κ3) is 3.09. The molecule has 2 aromatic rings. The molecule has 108 valence electrons. The third-order valence-corrected chi connectivity index (χ3v) is 7.17. The maximum Gasteiger partial charge on any atom is 0.0780 e. The standard InChI is InChI=1S/C15H18ClNS3/c1-2-5-17-14(15-11(16)3-7-19-15)13-8-10-9-18-6-4-12(10)20-13/h3,7-8,14,17H,2,4-6,9H2,1H3. The van der Waals surface area contributed by atoms with Crippen LogP contribution in [0.15, 0.2) is 17.5 Å². The van der Waals surface area contributed by atoms with Gasteiger partial charge in [-0.05, 0) is 48.2 Å². The van der Waals surface area contributed by atoms with Crippen molar-refractivity contribution in [2.45, 2.75) is 31.6 Å². The van der Waals surface area contributed by atoms with E-state index in [4.69, 9.17) is 11.6 Å². The first kappa shape index (κ1) is 14.9. The molecule has 0 aliphatic carbocycles. The van der Waals surface area contributed by atoms with Gasteiger partial charge in [-0.3, -0.25) is 0 Å². The van der Waals surface area contributed by atoms with E-state index in [9.17, 15) is 0 Å². The average Bonchev–Trinajstić information content (AvgIpc) is 3.06. The van der Waals surface area contributed by atoms with Crippen LogP contribution >= 0.6 is 46.0 Å². The Labute approximate surface area is 137 Å². The van der Waals surface area contributed by atoms with E-state index in [2.05, 4.69) is 23.7 Å². The number of rotatable bonds is 5. The molecule has 0 bridgehead atoms. The van der Waals surface area contributed by atoms with Gasteiger partial charge in [-0.1, -0.05) is 18.5 Å². The van der Waals surface area contributed by atoms with Gasteiger partial charge in [-0.2, -0.15) is 11.8 Å². The number of aryl methyl sites for hydroxylation is 1. The predicted octanol–water partition coefficient (Wildman–Crippen LogP) is 5.34. The highest BCUT2D eigenvalue weighted by Gasteiger charge is 2.22. The highest BCUT2D eigenvalue weighted by molar-refractivity contribution is 7.98. The lowest BCUT2D eigenvalue weighted by Crippen LogP contribution is -2.21. The Morgan fingerprint density at radius 1 is 1.45 bits per heavy atom. The van der Waals surface area contributed by atoms with Gasteiger partial charge in [0.1, 0.15) is 0 Å². The number of thiophene rings is 2. The molecule has 1 aliphatic rings. The van der Waals surface area contributed by atoms with Crippen molar-refractivity contribution in [3.63, 3.8) is 0 Å². The molecule has 3 rings (SSSR count). The fraction of sp³-hybridized carbons (Fsp3) is 0.467. The molecule has 20 heavy (non-hydrogen) atoms. The van der Waals surface area contributed by atoms with E-state index in [-0.39, 0.29) is 6.04 Å². The van der Waals surface area contributed by atoms with Crippen LogP contribution in [-0.2, 0) is 12.2 Å². The van der Waals surface area contributed by atoms with Gasteiger partial charge in [0.25, 0.3) is 0 Å². The van der Waals surface area contributed by atoms with Crippen LogP contribution in [0.3, 0.4) is 0 Å².